The van der Waals surface area contributed by atoms with E-state index < -0.39 is 41.6 Å². The second kappa shape index (κ2) is 18.6. The highest BCUT2D eigenvalue weighted by molar-refractivity contribution is 5.90. The summed E-state index contributed by atoms with van der Waals surface area (Å²) in [7, 11) is 0. The van der Waals surface area contributed by atoms with Crippen LogP contribution in [-0.4, -0.2) is 97.9 Å². The number of benzene rings is 2. The van der Waals surface area contributed by atoms with E-state index in [1.165, 1.54) is 12.8 Å². The van der Waals surface area contributed by atoms with Crippen LogP contribution in [-0.2, 0) is 38.0 Å². The lowest BCUT2D eigenvalue weighted by Crippen LogP contribution is -2.50. The molecule has 58 heavy (non-hydrogen) atoms. The van der Waals surface area contributed by atoms with Crippen molar-refractivity contribution in [2.45, 2.75) is 141 Å². The first-order valence-electron chi connectivity index (χ1n) is 21.2. The van der Waals surface area contributed by atoms with Crippen LogP contribution in [0.2, 0.25) is 0 Å². The highest BCUT2D eigenvalue weighted by Crippen LogP contribution is 2.58. The molecule has 2 heterocycles. The number of ether oxygens (including phenoxy) is 6. The van der Waals surface area contributed by atoms with E-state index in [9.17, 15) is 19.2 Å². The second-order valence-corrected chi connectivity index (χ2v) is 18.2. The monoisotopic (exact) mass is 804 g/mol. The van der Waals surface area contributed by atoms with Crippen LogP contribution in [0.15, 0.2) is 60.7 Å². The number of fused-ring (bicyclic) bond motifs is 1. The Morgan fingerprint density at radius 2 is 1.36 bits per heavy atom. The van der Waals surface area contributed by atoms with Crippen molar-refractivity contribution in [1.82, 2.24) is 10.6 Å². The van der Waals surface area contributed by atoms with Crippen LogP contribution < -0.4 is 10.6 Å². The first-order valence-corrected chi connectivity index (χ1v) is 21.2. The maximum absolute atomic E-state index is 14.1. The molecule has 2 saturated carbocycles. The summed E-state index contributed by atoms with van der Waals surface area (Å²) in [5.74, 6) is -1.70. The molecule has 11 atom stereocenters. The first kappa shape index (κ1) is 43.7. The van der Waals surface area contributed by atoms with Crippen LogP contribution in [0, 0.1) is 23.2 Å². The van der Waals surface area contributed by atoms with Gasteiger partial charge in [0.15, 0.2) is 0 Å². The van der Waals surface area contributed by atoms with E-state index in [4.69, 9.17) is 28.4 Å². The number of epoxide rings is 2. The SMILES string of the molecule is CC(COC(C)COC(=O)c1ccccc1)NC(=O)C1CC2(CCC3OC3(C)CCC3CC3(C)C)OC2CC1C(=O)NCC(C)OCC(C)OC(=O)c1ccccc1. The van der Waals surface area contributed by atoms with Gasteiger partial charge in [-0.3, -0.25) is 9.59 Å². The fourth-order valence-corrected chi connectivity index (χ4v) is 8.46. The summed E-state index contributed by atoms with van der Waals surface area (Å²) in [6.07, 6.45) is 4.90. The van der Waals surface area contributed by atoms with Gasteiger partial charge in [0.2, 0.25) is 11.8 Å². The van der Waals surface area contributed by atoms with Gasteiger partial charge in [-0.1, -0.05) is 50.2 Å². The predicted molar refractivity (Wildman–Crippen MR) is 217 cm³/mol. The maximum Gasteiger partial charge on any atom is 0.338 e. The van der Waals surface area contributed by atoms with E-state index in [-0.39, 0.29) is 68.1 Å². The number of carbonyl (C=O) groups excluding carboxylic acids is 4. The molecular weight excluding hydrogens is 741 g/mol. The number of nitrogens with one attached hydrogen (secondary N) is 2. The Kier molecular flexibility index (Phi) is 14.0. The first-order chi connectivity index (χ1) is 27.6. The molecular formula is C46H64N2O10. The number of amides is 2. The fourth-order valence-electron chi connectivity index (χ4n) is 8.46. The number of hydrogen-bond donors (Lipinski definition) is 2. The molecule has 2 aliphatic heterocycles. The molecule has 318 valence electrons. The number of carbonyl (C=O) groups is 4. The lowest BCUT2D eigenvalue weighted by Gasteiger charge is -2.33. The molecule has 2 saturated heterocycles. The van der Waals surface area contributed by atoms with Gasteiger partial charge in [-0.15, -0.1) is 0 Å². The van der Waals surface area contributed by atoms with Crippen molar-refractivity contribution in [3.05, 3.63) is 71.8 Å². The lowest BCUT2D eigenvalue weighted by atomic mass is 9.71. The van der Waals surface area contributed by atoms with Crippen LogP contribution >= 0.6 is 0 Å². The molecule has 2 aromatic carbocycles. The molecule has 2 aliphatic carbocycles. The minimum Gasteiger partial charge on any atom is -0.459 e. The normalized spacial score (nSPS) is 29.7. The number of rotatable bonds is 22. The van der Waals surface area contributed by atoms with Gasteiger partial charge in [0.1, 0.15) is 12.7 Å². The van der Waals surface area contributed by atoms with Gasteiger partial charge in [0.05, 0.1) is 71.8 Å². The Morgan fingerprint density at radius 1 is 0.724 bits per heavy atom. The molecule has 0 radical (unpaired) electrons. The van der Waals surface area contributed by atoms with Crippen molar-refractivity contribution in [3.8, 4) is 0 Å². The molecule has 0 spiro atoms. The summed E-state index contributed by atoms with van der Waals surface area (Å²) in [4.78, 5) is 52.7. The molecule has 12 heteroatoms. The quantitative estimate of drug-likeness (QED) is 0.100. The highest BCUT2D eigenvalue weighted by atomic mass is 16.6. The van der Waals surface area contributed by atoms with Gasteiger partial charge in [0.25, 0.3) is 0 Å². The molecule has 0 bridgehead atoms. The van der Waals surface area contributed by atoms with Crippen molar-refractivity contribution in [2.24, 2.45) is 23.2 Å². The summed E-state index contributed by atoms with van der Waals surface area (Å²) in [6.45, 7) is 14.8. The summed E-state index contributed by atoms with van der Waals surface area (Å²) in [5, 5.41) is 6.11. The van der Waals surface area contributed by atoms with Gasteiger partial charge >= 0.3 is 11.9 Å². The molecule has 12 nitrogen and oxygen atoms in total. The summed E-state index contributed by atoms with van der Waals surface area (Å²) < 4.78 is 35.4. The van der Waals surface area contributed by atoms with Crippen LogP contribution in [0.1, 0.15) is 114 Å². The topological polar surface area (TPSA) is 154 Å². The Morgan fingerprint density at radius 3 is 2.02 bits per heavy atom. The Hall–Kier alpha value is -3.84. The third-order valence-electron chi connectivity index (χ3n) is 12.6. The van der Waals surface area contributed by atoms with Gasteiger partial charge in [-0.05, 0) is 115 Å². The van der Waals surface area contributed by atoms with Gasteiger partial charge in [-0.25, -0.2) is 9.59 Å². The van der Waals surface area contributed by atoms with Crippen LogP contribution in [0.4, 0.5) is 0 Å². The molecule has 11 unspecified atom stereocenters. The summed E-state index contributed by atoms with van der Waals surface area (Å²) >= 11 is 0. The van der Waals surface area contributed by atoms with Crippen molar-refractivity contribution >= 4 is 23.8 Å². The number of hydrogen-bond acceptors (Lipinski definition) is 10. The third-order valence-corrected chi connectivity index (χ3v) is 12.6. The Labute approximate surface area is 343 Å². The molecule has 2 N–H and O–H groups in total. The minimum absolute atomic E-state index is 0.0721. The van der Waals surface area contributed by atoms with E-state index in [1.807, 2.05) is 32.9 Å². The average molecular weight is 805 g/mol. The third kappa shape index (κ3) is 11.7. The van der Waals surface area contributed by atoms with Crippen molar-refractivity contribution < 1.29 is 47.6 Å². The number of esters is 2. The van der Waals surface area contributed by atoms with Crippen molar-refractivity contribution in [3.63, 3.8) is 0 Å². The summed E-state index contributed by atoms with van der Waals surface area (Å²) in [5.41, 5.74) is 0.841. The lowest BCUT2D eigenvalue weighted by molar-refractivity contribution is -0.137. The van der Waals surface area contributed by atoms with Crippen molar-refractivity contribution in [1.29, 1.82) is 0 Å². The maximum atomic E-state index is 14.1. The molecule has 4 aliphatic rings. The zero-order chi connectivity index (χ0) is 41.7. The van der Waals surface area contributed by atoms with E-state index in [0.717, 1.165) is 25.2 Å². The van der Waals surface area contributed by atoms with Gasteiger partial charge < -0.3 is 39.1 Å². The van der Waals surface area contributed by atoms with E-state index in [1.54, 1.807) is 55.5 Å². The molecule has 0 aromatic heterocycles. The molecule has 2 amide bonds. The van der Waals surface area contributed by atoms with E-state index >= 15 is 0 Å². The zero-order valence-electron chi connectivity index (χ0n) is 35.3. The van der Waals surface area contributed by atoms with E-state index in [2.05, 4.69) is 31.4 Å². The minimum atomic E-state index is -0.609. The van der Waals surface area contributed by atoms with E-state index in [0.29, 0.717) is 29.4 Å². The molecule has 2 aromatic rings. The van der Waals surface area contributed by atoms with Crippen LogP contribution in [0.25, 0.3) is 0 Å². The van der Waals surface area contributed by atoms with Gasteiger partial charge in [0, 0.05) is 12.6 Å². The second-order valence-electron chi connectivity index (χ2n) is 18.2. The molecule has 4 fully saturated rings. The average Bonchev–Trinajstić information content (AvgIpc) is 4.17. The predicted octanol–water partition coefficient (Wildman–Crippen LogP) is 6.45. The van der Waals surface area contributed by atoms with Crippen LogP contribution in [0.3, 0.4) is 0 Å². The highest BCUT2D eigenvalue weighted by Gasteiger charge is 2.65. The van der Waals surface area contributed by atoms with Gasteiger partial charge in [-0.2, -0.15) is 0 Å². The Balaban J connectivity index is 0.992. The zero-order valence-corrected chi connectivity index (χ0v) is 35.3. The largest absolute Gasteiger partial charge is 0.459 e. The van der Waals surface area contributed by atoms with Crippen LogP contribution in [0.5, 0.6) is 0 Å². The van der Waals surface area contributed by atoms with Crippen molar-refractivity contribution in [2.75, 3.05) is 26.4 Å². The standard InChI is InChI=1S/C46H64N2O10/c1-29(26-53-31(3)27-55-42(51)33-14-10-8-11-15-33)48-41(50)37-24-46(21-19-38-45(7,57-38)20-18-35-23-44(35,5)6)39(58-46)22-36(37)40(49)47-25-30(2)54-28-32(4)56-43(52)34-16-12-9-13-17-34/h8-17,29-32,35-39H,18-28H2,1-7H3,(H,47,49)(H,48,50). The Bertz CT molecular complexity index is 1720. The fraction of sp³-hybridized carbons (Fsp3) is 0.652. The smallest absolute Gasteiger partial charge is 0.338 e. The molecule has 6 rings (SSSR count). The summed E-state index contributed by atoms with van der Waals surface area (Å²) in [6, 6.07) is 17.2.